The maximum Gasteiger partial charge on any atom is 0.185 e. The molecule has 3 aliphatic rings. The Bertz CT molecular complexity index is 1670. The van der Waals surface area contributed by atoms with E-state index in [-0.39, 0.29) is 12.1 Å². The second-order valence-corrected chi connectivity index (χ2v) is 13.3. The van der Waals surface area contributed by atoms with E-state index in [4.69, 9.17) is 25.3 Å². The van der Waals surface area contributed by atoms with Crippen molar-refractivity contribution in [3.63, 3.8) is 0 Å². The van der Waals surface area contributed by atoms with Crippen molar-refractivity contribution in [2.24, 2.45) is 0 Å². The summed E-state index contributed by atoms with van der Waals surface area (Å²) in [6.45, 7) is 2.51. The molecule has 1 saturated heterocycles. The summed E-state index contributed by atoms with van der Waals surface area (Å²) in [6.07, 6.45) is 8.95. The molecule has 1 spiro atoms. The molecule has 208 valence electrons. The normalized spacial score (nSPS) is 25.3. The molecule has 4 atom stereocenters. The lowest BCUT2D eigenvalue weighted by molar-refractivity contribution is 0.231. The molecule has 2 N–H and O–H groups in total. The van der Waals surface area contributed by atoms with Crippen molar-refractivity contribution in [1.29, 1.82) is 5.26 Å². The maximum atomic E-state index is 14.2. The number of nitrogens with two attached hydrogens (primary N) is 1. The van der Waals surface area contributed by atoms with Crippen LogP contribution in [0.2, 0.25) is 0 Å². The third-order valence-corrected chi connectivity index (χ3v) is 11.0. The number of alkyl halides is 1. The molecule has 1 fully saturated rings. The number of fused-ring (bicyclic) bond motifs is 5. The van der Waals surface area contributed by atoms with Gasteiger partial charge in [-0.15, -0.1) is 23.1 Å². The highest BCUT2D eigenvalue weighted by molar-refractivity contribution is 7.98. The fourth-order valence-electron chi connectivity index (χ4n) is 7.37. The maximum absolute atomic E-state index is 14.2. The van der Waals surface area contributed by atoms with Gasteiger partial charge in [-0.05, 0) is 70.7 Å². The van der Waals surface area contributed by atoms with E-state index in [0.29, 0.717) is 35.0 Å². The zero-order valence-corrected chi connectivity index (χ0v) is 24.4. The van der Waals surface area contributed by atoms with Gasteiger partial charge in [0, 0.05) is 23.0 Å². The predicted molar refractivity (Wildman–Crippen MR) is 153 cm³/mol. The van der Waals surface area contributed by atoms with Crippen molar-refractivity contribution in [2.75, 3.05) is 25.6 Å². The zero-order chi connectivity index (χ0) is 27.8. The van der Waals surface area contributed by atoms with Crippen LogP contribution in [0.15, 0.2) is 15.7 Å². The van der Waals surface area contributed by atoms with Gasteiger partial charge in [-0.2, -0.15) is 10.4 Å². The van der Waals surface area contributed by atoms with E-state index in [1.54, 1.807) is 11.8 Å². The largest absolute Gasteiger partial charge is 0.389 e. The van der Waals surface area contributed by atoms with Crippen molar-refractivity contribution >= 4 is 39.1 Å². The second kappa shape index (κ2) is 9.53. The topological polar surface area (TPSA) is 123 Å². The Kier molecular flexibility index (Phi) is 6.18. The van der Waals surface area contributed by atoms with Crippen LogP contribution in [-0.4, -0.2) is 61.9 Å². The van der Waals surface area contributed by atoms with Gasteiger partial charge in [-0.1, -0.05) is 5.16 Å². The summed E-state index contributed by atoms with van der Waals surface area (Å²) < 4.78 is 22.3. The number of nitrogens with zero attached hydrogens (tertiary/aromatic N) is 7. The Hall–Kier alpha value is -3.01. The van der Waals surface area contributed by atoms with Gasteiger partial charge in [0.2, 0.25) is 0 Å². The number of thioether (sulfide) groups is 1. The summed E-state index contributed by atoms with van der Waals surface area (Å²) in [6, 6.07) is 2.35. The molecule has 0 aromatic carbocycles. The van der Waals surface area contributed by atoms with Gasteiger partial charge in [0.25, 0.3) is 0 Å². The number of hydrogen-bond donors (Lipinski definition) is 1. The van der Waals surface area contributed by atoms with Gasteiger partial charge in [0.15, 0.2) is 22.9 Å². The molecule has 40 heavy (non-hydrogen) atoms. The number of aryl methyl sites for hydroxylation is 1. The third kappa shape index (κ3) is 3.67. The van der Waals surface area contributed by atoms with Crippen LogP contribution in [-0.2, 0) is 18.3 Å². The highest BCUT2D eigenvalue weighted by Gasteiger charge is 2.49. The summed E-state index contributed by atoms with van der Waals surface area (Å²) in [4.78, 5) is 13.2. The second-order valence-electron chi connectivity index (χ2n) is 11.3. The van der Waals surface area contributed by atoms with Gasteiger partial charge < -0.3 is 10.3 Å². The Morgan fingerprint density at radius 2 is 2.10 bits per heavy atom. The van der Waals surface area contributed by atoms with E-state index in [2.05, 4.69) is 23.0 Å². The van der Waals surface area contributed by atoms with Crippen molar-refractivity contribution < 1.29 is 8.91 Å². The quantitative estimate of drug-likeness (QED) is 0.254. The molecule has 0 saturated carbocycles. The molecule has 9 nitrogen and oxygen atoms in total. The molecule has 0 bridgehead atoms. The minimum absolute atomic E-state index is 0.0294. The number of anilines is 1. The van der Waals surface area contributed by atoms with Crippen molar-refractivity contribution in [3.05, 3.63) is 33.5 Å². The highest BCUT2D eigenvalue weighted by Crippen LogP contribution is 2.55. The number of likely N-dealkylation sites (tertiary alicyclic amines) is 1. The first kappa shape index (κ1) is 25.9. The molecule has 4 aromatic heterocycles. The van der Waals surface area contributed by atoms with E-state index in [1.165, 1.54) is 16.2 Å². The fraction of sp³-hybridized carbons (Fsp3) is 0.536. The lowest BCUT2D eigenvalue weighted by atomic mass is 9.63. The predicted octanol–water partition coefficient (Wildman–Crippen LogP) is 5.28. The average Bonchev–Trinajstić information content (AvgIpc) is 3.72. The number of hydrogen-bond acceptors (Lipinski definition) is 10. The Balaban J connectivity index is 1.36. The summed E-state index contributed by atoms with van der Waals surface area (Å²) in [5.74, 6) is 1.35. The van der Waals surface area contributed by atoms with E-state index in [0.717, 1.165) is 71.5 Å². The molecule has 2 aliphatic carbocycles. The van der Waals surface area contributed by atoms with E-state index >= 15 is 0 Å². The molecule has 7 rings (SSSR count). The minimum atomic E-state index is -0.833. The Labute approximate surface area is 239 Å². The van der Waals surface area contributed by atoms with Crippen LogP contribution in [0.5, 0.6) is 0 Å². The van der Waals surface area contributed by atoms with Gasteiger partial charge in [0.1, 0.15) is 22.3 Å². The molecule has 4 aromatic rings. The van der Waals surface area contributed by atoms with Gasteiger partial charge >= 0.3 is 0 Å². The zero-order valence-electron chi connectivity index (χ0n) is 22.8. The van der Waals surface area contributed by atoms with E-state index < -0.39 is 11.6 Å². The van der Waals surface area contributed by atoms with Crippen LogP contribution in [0.1, 0.15) is 72.4 Å². The van der Waals surface area contributed by atoms with Crippen LogP contribution >= 0.6 is 23.1 Å². The molecule has 0 amide bonds. The number of halogens is 1. The molecular formula is C28H31FN8OS2. The smallest absolute Gasteiger partial charge is 0.185 e. The van der Waals surface area contributed by atoms with Gasteiger partial charge in [0.05, 0.1) is 28.6 Å². The van der Waals surface area contributed by atoms with Gasteiger partial charge in [-0.3, -0.25) is 4.90 Å². The van der Waals surface area contributed by atoms with Crippen LogP contribution in [0.3, 0.4) is 0 Å². The standard InChI is InChI=1S/C28H31FN8OS2/c1-14(19-10-15(29)13-36(19)2)37-26-18(12-32-37)27(39-3)34-25(33-26)22-16-6-4-8-28(23(16)38-35-22)9-5-7-20-21(28)17(11-30)24(31)40-20/h12,14-15,19H,4-10,13,31H2,1-3H3. The first-order valence-corrected chi connectivity index (χ1v) is 15.8. The summed E-state index contributed by atoms with van der Waals surface area (Å²) in [5.41, 5.74) is 9.95. The van der Waals surface area contributed by atoms with Crippen molar-refractivity contribution in [1.82, 2.24) is 29.8 Å². The molecule has 5 heterocycles. The number of nitrogen functional groups attached to an aromatic ring is 1. The van der Waals surface area contributed by atoms with E-state index in [1.807, 2.05) is 24.2 Å². The average molecular weight is 579 g/mol. The summed E-state index contributed by atoms with van der Waals surface area (Å²) in [7, 11) is 1.97. The molecule has 4 unspecified atom stereocenters. The lowest BCUT2D eigenvalue weighted by Crippen LogP contribution is -2.35. The summed E-state index contributed by atoms with van der Waals surface area (Å²) in [5, 5.41) is 21.6. The third-order valence-electron chi connectivity index (χ3n) is 9.18. The molecule has 1 aliphatic heterocycles. The number of nitriles is 1. The van der Waals surface area contributed by atoms with Crippen molar-refractivity contribution in [2.45, 2.75) is 80.6 Å². The number of thiophene rings is 1. The van der Waals surface area contributed by atoms with Crippen LogP contribution in [0.4, 0.5) is 9.39 Å². The molecule has 0 radical (unpaired) electrons. The first-order chi connectivity index (χ1) is 19.4. The number of aromatic nitrogens is 5. The summed E-state index contributed by atoms with van der Waals surface area (Å²) >= 11 is 3.08. The highest BCUT2D eigenvalue weighted by atomic mass is 32.2. The van der Waals surface area contributed by atoms with Crippen LogP contribution in [0.25, 0.3) is 22.6 Å². The van der Waals surface area contributed by atoms with Gasteiger partial charge in [-0.25, -0.2) is 19.0 Å². The molecular weight excluding hydrogens is 547 g/mol. The minimum Gasteiger partial charge on any atom is -0.389 e. The Morgan fingerprint density at radius 1 is 1.30 bits per heavy atom. The Morgan fingerprint density at radius 3 is 2.83 bits per heavy atom. The van der Waals surface area contributed by atoms with Crippen molar-refractivity contribution in [3.8, 4) is 17.6 Å². The first-order valence-electron chi connectivity index (χ1n) is 13.8. The number of rotatable bonds is 4. The van der Waals surface area contributed by atoms with E-state index in [9.17, 15) is 9.65 Å². The monoisotopic (exact) mass is 578 g/mol. The van der Waals surface area contributed by atoms with Crippen LogP contribution in [0, 0.1) is 11.3 Å². The lowest BCUT2D eigenvalue weighted by Gasteiger charge is -2.39. The van der Waals surface area contributed by atoms with Crippen LogP contribution < -0.4 is 5.73 Å². The SMILES string of the molecule is CSc1nc(-c2noc3c2CCCC32CCCc3sc(N)c(C#N)c32)nc2c1cnn2C(C)C1CC(F)CN1C. The number of likely N-dealkylation sites (N-methyl/N-ethyl adjacent to an activating group) is 1. The fourth-order valence-corrected chi connectivity index (χ4v) is 9.07. The molecule has 12 heteroatoms.